The van der Waals surface area contributed by atoms with Gasteiger partial charge in [-0.2, -0.15) is 0 Å². The molecule has 3 aliphatic rings. The maximum atomic E-state index is 10.0. The molecule has 0 radical (unpaired) electrons. The van der Waals surface area contributed by atoms with Crippen molar-refractivity contribution in [1.29, 1.82) is 0 Å². The Bertz CT molecular complexity index is 652. The molecule has 3 aliphatic carbocycles. The Labute approximate surface area is 179 Å². The zero-order valence-corrected chi connectivity index (χ0v) is 19.5. The van der Waals surface area contributed by atoms with Crippen LogP contribution in [0.15, 0.2) is 35.5 Å². The predicted molar refractivity (Wildman–Crippen MR) is 125 cm³/mol. The van der Waals surface area contributed by atoms with Crippen LogP contribution in [0.2, 0.25) is 0 Å². The van der Waals surface area contributed by atoms with E-state index < -0.39 is 5.60 Å². The summed E-state index contributed by atoms with van der Waals surface area (Å²) in [5, 5.41) is 10.0. The molecular weight excluding hydrogens is 354 g/mol. The monoisotopic (exact) mass is 399 g/mol. The van der Waals surface area contributed by atoms with Gasteiger partial charge < -0.3 is 10.8 Å². The van der Waals surface area contributed by atoms with Crippen LogP contribution in [-0.2, 0) is 0 Å². The molecule has 1 unspecified atom stereocenters. The lowest BCUT2D eigenvalue weighted by molar-refractivity contribution is 0.0597. The van der Waals surface area contributed by atoms with E-state index in [1.54, 1.807) is 5.57 Å². The van der Waals surface area contributed by atoms with E-state index in [4.69, 9.17) is 5.73 Å². The van der Waals surface area contributed by atoms with E-state index in [9.17, 15) is 5.11 Å². The fourth-order valence-corrected chi connectivity index (χ4v) is 6.71. The third-order valence-electron chi connectivity index (χ3n) is 8.42. The molecule has 0 aromatic carbocycles. The molecule has 2 nitrogen and oxygen atoms in total. The molecule has 164 valence electrons. The zero-order chi connectivity index (χ0) is 21.2. The van der Waals surface area contributed by atoms with E-state index in [2.05, 4.69) is 32.6 Å². The summed E-state index contributed by atoms with van der Waals surface area (Å²) in [7, 11) is 0. The Morgan fingerprint density at radius 3 is 2.72 bits per heavy atom. The van der Waals surface area contributed by atoms with Gasteiger partial charge in [0.2, 0.25) is 0 Å². The summed E-state index contributed by atoms with van der Waals surface area (Å²) in [5.41, 5.74) is 10.5. The molecule has 0 amide bonds. The SMILES string of the molecule is C=C1CC[C@H](N)C/C1=C/C=C1\CCC[C@@]2(C)C1CC[C@@H]2[C@H](C)CCCC(C)(C)O. The summed E-state index contributed by atoms with van der Waals surface area (Å²) in [6, 6.07) is 0.308. The van der Waals surface area contributed by atoms with Crippen LogP contribution in [0, 0.1) is 23.2 Å². The van der Waals surface area contributed by atoms with Gasteiger partial charge in [-0.3, -0.25) is 0 Å². The third kappa shape index (κ3) is 5.44. The summed E-state index contributed by atoms with van der Waals surface area (Å²) < 4.78 is 0. The van der Waals surface area contributed by atoms with Gasteiger partial charge in [0.25, 0.3) is 0 Å². The second-order valence-electron chi connectivity index (χ2n) is 11.3. The number of hydrogen-bond acceptors (Lipinski definition) is 2. The number of aliphatic hydroxyl groups is 1. The molecule has 0 spiro atoms. The number of fused-ring (bicyclic) bond motifs is 1. The first-order chi connectivity index (χ1) is 13.6. The molecule has 0 saturated heterocycles. The average Bonchev–Trinajstić information content (AvgIpc) is 2.99. The first-order valence-corrected chi connectivity index (χ1v) is 12.2. The highest BCUT2D eigenvalue weighted by Crippen LogP contribution is 2.60. The van der Waals surface area contributed by atoms with E-state index in [1.807, 2.05) is 13.8 Å². The largest absolute Gasteiger partial charge is 0.390 e. The number of nitrogens with two attached hydrogens (primary N) is 1. The second-order valence-corrected chi connectivity index (χ2v) is 11.3. The van der Waals surface area contributed by atoms with Gasteiger partial charge in [0.15, 0.2) is 0 Å². The van der Waals surface area contributed by atoms with Gasteiger partial charge in [-0.1, -0.05) is 56.6 Å². The molecule has 0 aromatic rings. The van der Waals surface area contributed by atoms with Crippen LogP contribution in [0.4, 0.5) is 0 Å². The maximum Gasteiger partial charge on any atom is 0.0591 e. The van der Waals surface area contributed by atoms with Gasteiger partial charge in [0.1, 0.15) is 0 Å². The van der Waals surface area contributed by atoms with Crippen LogP contribution in [0.5, 0.6) is 0 Å². The van der Waals surface area contributed by atoms with E-state index >= 15 is 0 Å². The van der Waals surface area contributed by atoms with Gasteiger partial charge >= 0.3 is 0 Å². The maximum absolute atomic E-state index is 10.0. The van der Waals surface area contributed by atoms with Crippen molar-refractivity contribution in [2.45, 2.75) is 110 Å². The van der Waals surface area contributed by atoms with Crippen molar-refractivity contribution in [3.8, 4) is 0 Å². The van der Waals surface area contributed by atoms with E-state index in [0.717, 1.165) is 49.9 Å². The third-order valence-corrected chi connectivity index (χ3v) is 8.42. The van der Waals surface area contributed by atoms with E-state index in [0.29, 0.717) is 11.5 Å². The lowest BCUT2D eigenvalue weighted by atomic mass is 9.60. The normalized spacial score (nSPS) is 37.2. The van der Waals surface area contributed by atoms with Crippen molar-refractivity contribution >= 4 is 0 Å². The first-order valence-electron chi connectivity index (χ1n) is 12.2. The second kappa shape index (κ2) is 9.10. The molecule has 3 saturated carbocycles. The Morgan fingerprint density at radius 2 is 2.00 bits per heavy atom. The van der Waals surface area contributed by atoms with Gasteiger partial charge in [0, 0.05) is 6.04 Å². The van der Waals surface area contributed by atoms with Crippen molar-refractivity contribution in [2.75, 3.05) is 0 Å². The lowest BCUT2D eigenvalue weighted by Gasteiger charge is -2.44. The quantitative estimate of drug-likeness (QED) is 0.522. The summed E-state index contributed by atoms with van der Waals surface area (Å²) in [4.78, 5) is 0. The molecule has 3 N–H and O–H groups in total. The van der Waals surface area contributed by atoms with Crippen LogP contribution in [0.1, 0.15) is 98.3 Å². The molecule has 5 atom stereocenters. The van der Waals surface area contributed by atoms with Crippen molar-refractivity contribution < 1.29 is 5.11 Å². The molecule has 3 rings (SSSR count). The number of rotatable bonds is 6. The van der Waals surface area contributed by atoms with Crippen molar-refractivity contribution in [1.82, 2.24) is 0 Å². The van der Waals surface area contributed by atoms with E-state index in [1.165, 1.54) is 49.7 Å². The van der Waals surface area contributed by atoms with Gasteiger partial charge in [-0.05, 0) is 100 Å². The summed E-state index contributed by atoms with van der Waals surface area (Å²) in [6.07, 6.45) is 18.0. The lowest BCUT2D eigenvalue weighted by Crippen LogP contribution is -2.36. The minimum atomic E-state index is -0.526. The summed E-state index contributed by atoms with van der Waals surface area (Å²) in [5.74, 6) is 2.32. The highest BCUT2D eigenvalue weighted by atomic mass is 16.3. The Hall–Kier alpha value is -0.860. The highest BCUT2D eigenvalue weighted by molar-refractivity contribution is 5.36. The first kappa shape index (κ1) is 22.8. The van der Waals surface area contributed by atoms with Crippen LogP contribution < -0.4 is 5.73 Å². The summed E-state index contributed by atoms with van der Waals surface area (Å²) >= 11 is 0. The van der Waals surface area contributed by atoms with Crippen molar-refractivity contribution in [3.63, 3.8) is 0 Å². The van der Waals surface area contributed by atoms with Gasteiger partial charge in [0.05, 0.1) is 5.60 Å². The zero-order valence-electron chi connectivity index (χ0n) is 19.5. The summed E-state index contributed by atoms with van der Waals surface area (Å²) in [6.45, 7) is 13.2. The molecule has 0 heterocycles. The number of hydrogen-bond donors (Lipinski definition) is 2. The smallest absolute Gasteiger partial charge is 0.0591 e. The Morgan fingerprint density at radius 1 is 1.24 bits per heavy atom. The standard InChI is InChI=1S/C27H45NO/c1-19-10-13-23(28)18-22(19)12-11-21-9-7-17-27(5)24(14-15-25(21)27)20(2)8-6-16-26(3,4)29/h11-12,20,23-25,29H,1,6-10,13-18,28H2,2-5H3/b21-11+,22-12-/t20-,23+,24-,25?,27-/m1/s1. The Kier molecular flexibility index (Phi) is 7.16. The molecule has 0 bridgehead atoms. The molecular formula is C27H45NO. The average molecular weight is 400 g/mol. The van der Waals surface area contributed by atoms with Crippen molar-refractivity contribution in [3.05, 3.63) is 35.5 Å². The topological polar surface area (TPSA) is 46.2 Å². The van der Waals surface area contributed by atoms with Crippen LogP contribution in [-0.4, -0.2) is 16.7 Å². The number of allylic oxidation sites excluding steroid dienone is 4. The van der Waals surface area contributed by atoms with Crippen LogP contribution >= 0.6 is 0 Å². The highest BCUT2D eigenvalue weighted by Gasteiger charge is 2.50. The predicted octanol–water partition coefficient (Wildman–Crippen LogP) is 6.70. The fraction of sp³-hybridized carbons (Fsp3) is 0.778. The van der Waals surface area contributed by atoms with Crippen LogP contribution in [0.25, 0.3) is 0 Å². The molecule has 3 fully saturated rings. The molecule has 2 heteroatoms. The molecule has 0 aliphatic heterocycles. The van der Waals surface area contributed by atoms with Gasteiger partial charge in [-0.15, -0.1) is 0 Å². The van der Waals surface area contributed by atoms with Crippen LogP contribution in [0.3, 0.4) is 0 Å². The minimum absolute atomic E-state index is 0.308. The van der Waals surface area contributed by atoms with Crippen molar-refractivity contribution in [2.24, 2.45) is 28.9 Å². The van der Waals surface area contributed by atoms with E-state index in [-0.39, 0.29) is 0 Å². The van der Waals surface area contributed by atoms with Gasteiger partial charge in [-0.25, -0.2) is 0 Å². The Balaban J connectivity index is 1.68. The minimum Gasteiger partial charge on any atom is -0.390 e. The fourth-order valence-electron chi connectivity index (χ4n) is 6.71. The molecule has 0 aromatic heterocycles. The molecule has 29 heavy (non-hydrogen) atoms.